The Morgan fingerprint density at radius 1 is 1.10 bits per heavy atom. The van der Waals surface area contributed by atoms with Crippen molar-refractivity contribution in [3.05, 3.63) is 89.3 Å². The van der Waals surface area contributed by atoms with Gasteiger partial charge in [-0.3, -0.25) is 4.79 Å². The second kappa shape index (κ2) is 8.75. The van der Waals surface area contributed by atoms with Crippen molar-refractivity contribution >= 4 is 29.3 Å². The Morgan fingerprint density at radius 3 is 2.60 bits per heavy atom. The zero-order chi connectivity index (χ0) is 20.9. The highest BCUT2D eigenvalue weighted by Crippen LogP contribution is 2.24. The van der Waals surface area contributed by atoms with E-state index in [2.05, 4.69) is 20.8 Å². The zero-order valence-electron chi connectivity index (χ0n) is 16.1. The monoisotopic (exact) mass is 419 g/mol. The molecule has 2 aromatic carbocycles. The van der Waals surface area contributed by atoms with Crippen LogP contribution in [0.2, 0.25) is 5.02 Å². The molecule has 0 radical (unpaired) electrons. The lowest BCUT2D eigenvalue weighted by atomic mass is 10.1. The van der Waals surface area contributed by atoms with E-state index in [1.807, 2.05) is 55.5 Å². The molecule has 4 aromatic rings. The summed E-state index contributed by atoms with van der Waals surface area (Å²) < 4.78 is 6.80. The van der Waals surface area contributed by atoms with E-state index in [0.717, 1.165) is 11.1 Å². The first-order chi connectivity index (χ1) is 14.6. The third-order valence-corrected chi connectivity index (χ3v) is 4.85. The van der Waals surface area contributed by atoms with Gasteiger partial charge < -0.3 is 9.73 Å². The van der Waals surface area contributed by atoms with Crippen LogP contribution in [0.3, 0.4) is 0 Å². The maximum Gasteiger partial charge on any atom is 0.270 e. The minimum absolute atomic E-state index is 0.215. The molecule has 150 valence electrons. The molecule has 2 heterocycles. The lowest BCUT2D eigenvalue weighted by Crippen LogP contribution is -2.30. The van der Waals surface area contributed by atoms with Gasteiger partial charge in [-0.15, -0.1) is 5.10 Å². The second-order valence-corrected chi connectivity index (χ2v) is 6.95. The topological polar surface area (TPSA) is 85.8 Å². The average molecular weight is 420 g/mol. The molecular weight excluding hydrogens is 402 g/mol. The largest absolute Gasteiger partial charge is 0.465 e. The standard InChI is InChI=1S/C22H18ClN5O2/c1-15(18-11-5-6-12-19(18)23)24-22(29)20(14-17-10-7-13-30-17)28-21(25-26-27-28)16-8-3-2-4-9-16/h2-15H,1H3,(H,24,29)/b20-14-. The number of rotatable bonds is 6. The van der Waals surface area contributed by atoms with Crippen LogP contribution in [0.4, 0.5) is 0 Å². The third-order valence-electron chi connectivity index (χ3n) is 4.50. The summed E-state index contributed by atoms with van der Waals surface area (Å²) in [4.78, 5) is 13.3. The molecule has 30 heavy (non-hydrogen) atoms. The van der Waals surface area contributed by atoms with Crippen LogP contribution in [0, 0.1) is 0 Å². The number of nitrogens with one attached hydrogen (secondary N) is 1. The van der Waals surface area contributed by atoms with Crippen molar-refractivity contribution < 1.29 is 9.21 Å². The fraction of sp³-hybridized carbons (Fsp3) is 0.0909. The van der Waals surface area contributed by atoms with Crippen LogP contribution in [-0.2, 0) is 4.79 Å². The minimum Gasteiger partial charge on any atom is -0.465 e. The Labute approximate surface area is 178 Å². The highest BCUT2D eigenvalue weighted by molar-refractivity contribution is 6.31. The number of carbonyl (C=O) groups excluding carboxylic acids is 1. The summed E-state index contributed by atoms with van der Waals surface area (Å²) in [6.45, 7) is 1.86. The van der Waals surface area contributed by atoms with E-state index in [1.165, 1.54) is 10.9 Å². The predicted octanol–water partition coefficient (Wildman–Crippen LogP) is 4.46. The van der Waals surface area contributed by atoms with E-state index in [-0.39, 0.29) is 17.6 Å². The van der Waals surface area contributed by atoms with Crippen LogP contribution in [0.1, 0.15) is 24.3 Å². The maximum absolute atomic E-state index is 13.3. The number of carbonyl (C=O) groups is 1. The predicted molar refractivity (Wildman–Crippen MR) is 114 cm³/mol. The first-order valence-electron chi connectivity index (χ1n) is 9.28. The van der Waals surface area contributed by atoms with E-state index in [4.69, 9.17) is 16.0 Å². The van der Waals surface area contributed by atoms with Crippen LogP contribution in [0.25, 0.3) is 23.2 Å². The van der Waals surface area contributed by atoms with E-state index >= 15 is 0 Å². The normalized spacial score (nSPS) is 12.5. The Bertz CT molecular complexity index is 1170. The van der Waals surface area contributed by atoms with Crippen LogP contribution in [0.15, 0.2) is 77.4 Å². The summed E-state index contributed by atoms with van der Waals surface area (Å²) >= 11 is 6.28. The number of hydrogen-bond donors (Lipinski definition) is 1. The molecule has 0 aliphatic rings. The Kier molecular flexibility index (Phi) is 5.72. The van der Waals surface area contributed by atoms with Crippen molar-refractivity contribution in [3.63, 3.8) is 0 Å². The van der Waals surface area contributed by atoms with Crippen LogP contribution < -0.4 is 5.32 Å². The van der Waals surface area contributed by atoms with Gasteiger partial charge in [0.05, 0.1) is 12.3 Å². The number of benzene rings is 2. The van der Waals surface area contributed by atoms with Crippen LogP contribution in [0.5, 0.6) is 0 Å². The fourth-order valence-electron chi connectivity index (χ4n) is 3.02. The average Bonchev–Trinajstić information content (AvgIpc) is 3.45. The molecule has 8 heteroatoms. The first-order valence-corrected chi connectivity index (χ1v) is 9.66. The molecular formula is C22H18ClN5O2. The number of hydrogen-bond acceptors (Lipinski definition) is 5. The van der Waals surface area contributed by atoms with E-state index in [1.54, 1.807) is 24.3 Å². The van der Waals surface area contributed by atoms with Crippen LogP contribution >= 0.6 is 11.6 Å². The lowest BCUT2D eigenvalue weighted by molar-refractivity contribution is -0.116. The van der Waals surface area contributed by atoms with Crippen molar-refractivity contribution in [2.24, 2.45) is 0 Å². The van der Waals surface area contributed by atoms with E-state index in [9.17, 15) is 4.79 Å². The fourth-order valence-corrected chi connectivity index (χ4v) is 3.32. The van der Waals surface area contributed by atoms with Crippen molar-refractivity contribution in [3.8, 4) is 11.4 Å². The van der Waals surface area contributed by atoms with Gasteiger partial charge in [-0.1, -0.05) is 60.1 Å². The molecule has 0 aliphatic heterocycles. The first kappa shape index (κ1) is 19.6. The third kappa shape index (κ3) is 4.16. The lowest BCUT2D eigenvalue weighted by Gasteiger charge is -2.17. The van der Waals surface area contributed by atoms with Gasteiger partial charge in [-0.05, 0) is 41.1 Å². The molecule has 2 aromatic heterocycles. The molecule has 1 amide bonds. The van der Waals surface area contributed by atoms with Crippen molar-refractivity contribution in [1.82, 2.24) is 25.5 Å². The smallest absolute Gasteiger partial charge is 0.270 e. The summed E-state index contributed by atoms with van der Waals surface area (Å²) in [6.07, 6.45) is 3.13. The molecule has 0 spiro atoms. The quantitative estimate of drug-likeness (QED) is 0.466. The van der Waals surface area contributed by atoms with Gasteiger partial charge in [0.2, 0.25) is 0 Å². The Morgan fingerprint density at radius 2 is 1.87 bits per heavy atom. The summed E-state index contributed by atoms with van der Waals surface area (Å²) in [7, 11) is 0. The second-order valence-electron chi connectivity index (χ2n) is 6.54. The molecule has 0 fully saturated rings. The number of nitrogens with zero attached hydrogens (tertiary/aromatic N) is 4. The van der Waals surface area contributed by atoms with Crippen molar-refractivity contribution in [1.29, 1.82) is 0 Å². The molecule has 0 saturated carbocycles. The van der Waals surface area contributed by atoms with Gasteiger partial charge in [-0.2, -0.15) is 4.68 Å². The Balaban J connectivity index is 1.71. The summed E-state index contributed by atoms with van der Waals surface area (Å²) in [5.74, 6) is 0.567. The molecule has 1 N–H and O–H groups in total. The van der Waals surface area contributed by atoms with E-state index < -0.39 is 0 Å². The molecule has 0 saturated heterocycles. The SMILES string of the molecule is CC(NC(=O)/C(=C/c1ccco1)n1nnnc1-c1ccccc1)c1ccccc1Cl. The van der Waals surface area contributed by atoms with Gasteiger partial charge in [0.15, 0.2) is 5.82 Å². The number of amides is 1. The van der Waals surface area contributed by atoms with Gasteiger partial charge in [0, 0.05) is 16.7 Å². The van der Waals surface area contributed by atoms with Crippen LogP contribution in [-0.4, -0.2) is 26.1 Å². The molecule has 1 atom stereocenters. The summed E-state index contributed by atoms with van der Waals surface area (Å²) in [5.41, 5.74) is 1.80. The number of halogens is 1. The number of furan rings is 1. The number of tetrazole rings is 1. The maximum atomic E-state index is 13.3. The summed E-state index contributed by atoms with van der Waals surface area (Å²) in [6, 6.07) is 19.9. The highest BCUT2D eigenvalue weighted by Gasteiger charge is 2.22. The van der Waals surface area contributed by atoms with E-state index in [0.29, 0.717) is 16.6 Å². The van der Waals surface area contributed by atoms with Crippen molar-refractivity contribution in [2.75, 3.05) is 0 Å². The summed E-state index contributed by atoms with van der Waals surface area (Å²) in [5, 5.41) is 15.5. The Hall–Kier alpha value is -3.71. The number of aromatic nitrogens is 4. The highest BCUT2D eigenvalue weighted by atomic mass is 35.5. The molecule has 1 unspecified atom stereocenters. The molecule has 4 rings (SSSR count). The molecule has 0 aliphatic carbocycles. The van der Waals surface area contributed by atoms with Gasteiger partial charge >= 0.3 is 0 Å². The van der Waals surface area contributed by atoms with Gasteiger partial charge in [-0.25, -0.2) is 0 Å². The zero-order valence-corrected chi connectivity index (χ0v) is 16.8. The molecule has 0 bridgehead atoms. The van der Waals surface area contributed by atoms with Gasteiger partial charge in [0.25, 0.3) is 5.91 Å². The van der Waals surface area contributed by atoms with Crippen molar-refractivity contribution in [2.45, 2.75) is 13.0 Å². The van der Waals surface area contributed by atoms with Gasteiger partial charge in [0.1, 0.15) is 11.5 Å². The molecule has 7 nitrogen and oxygen atoms in total. The minimum atomic E-state index is -0.372.